The number of pyridine rings is 1. The molecule has 3 aromatic rings. The van der Waals surface area contributed by atoms with E-state index in [2.05, 4.69) is 32.0 Å². The number of nitrogens with zero attached hydrogens (tertiary/aromatic N) is 1. The van der Waals surface area contributed by atoms with Crippen LogP contribution in [0.25, 0.3) is 22.3 Å². The van der Waals surface area contributed by atoms with Gasteiger partial charge in [0.15, 0.2) is 0 Å². The Bertz CT molecular complexity index is 710. The van der Waals surface area contributed by atoms with Gasteiger partial charge in [-0.25, -0.2) is 0 Å². The van der Waals surface area contributed by atoms with Crippen molar-refractivity contribution in [2.75, 3.05) is 6.54 Å². The van der Waals surface area contributed by atoms with Gasteiger partial charge in [-0.3, -0.25) is 4.98 Å². The lowest BCUT2D eigenvalue weighted by molar-refractivity contribution is 0.976. The molecule has 5 heteroatoms. The minimum absolute atomic E-state index is 0. The number of benzene rings is 1. The Morgan fingerprint density at radius 3 is 2.70 bits per heavy atom. The lowest BCUT2D eigenvalue weighted by atomic mass is 10.1. The molecule has 0 aliphatic heterocycles. The normalized spacial score (nSPS) is 10.5. The molecule has 2 heterocycles. The first-order valence-electron chi connectivity index (χ1n) is 6.22. The van der Waals surface area contributed by atoms with Crippen LogP contribution in [-0.4, -0.2) is 16.5 Å². The van der Waals surface area contributed by atoms with Crippen LogP contribution in [0.15, 0.2) is 47.1 Å². The SMILES string of the molecule is Cl.NCCc1c(-c2ccccn2)[nH]c2c(Br)cccc12. The minimum Gasteiger partial charge on any atom is -0.352 e. The van der Waals surface area contributed by atoms with E-state index < -0.39 is 0 Å². The van der Waals surface area contributed by atoms with Crippen LogP contribution in [0.3, 0.4) is 0 Å². The predicted octanol–water partition coefficient (Wildman–Crippen LogP) is 3.92. The van der Waals surface area contributed by atoms with E-state index in [-0.39, 0.29) is 12.4 Å². The molecule has 0 bridgehead atoms. The van der Waals surface area contributed by atoms with Crippen LogP contribution < -0.4 is 5.73 Å². The third-order valence-corrected chi connectivity index (χ3v) is 3.87. The van der Waals surface area contributed by atoms with Crippen molar-refractivity contribution >= 4 is 39.2 Å². The summed E-state index contributed by atoms with van der Waals surface area (Å²) in [5.74, 6) is 0. The average Bonchev–Trinajstić information content (AvgIpc) is 2.81. The second-order valence-electron chi connectivity index (χ2n) is 4.39. The Morgan fingerprint density at radius 1 is 1.15 bits per heavy atom. The van der Waals surface area contributed by atoms with E-state index in [1.807, 2.05) is 36.5 Å². The molecule has 0 spiro atoms. The first kappa shape index (κ1) is 15.0. The third kappa shape index (κ3) is 2.59. The summed E-state index contributed by atoms with van der Waals surface area (Å²) < 4.78 is 1.06. The highest BCUT2D eigenvalue weighted by Gasteiger charge is 2.14. The van der Waals surface area contributed by atoms with Crippen molar-refractivity contribution in [2.45, 2.75) is 6.42 Å². The van der Waals surface area contributed by atoms with Crippen LogP contribution in [0.2, 0.25) is 0 Å². The van der Waals surface area contributed by atoms with Crippen molar-refractivity contribution in [2.24, 2.45) is 5.73 Å². The number of nitrogens with one attached hydrogen (secondary N) is 1. The summed E-state index contributed by atoms with van der Waals surface area (Å²) in [7, 11) is 0. The molecule has 0 unspecified atom stereocenters. The van der Waals surface area contributed by atoms with Crippen LogP contribution in [0, 0.1) is 0 Å². The second-order valence-corrected chi connectivity index (χ2v) is 5.25. The van der Waals surface area contributed by atoms with Gasteiger partial charge in [-0.15, -0.1) is 12.4 Å². The zero-order valence-corrected chi connectivity index (χ0v) is 13.2. The largest absolute Gasteiger partial charge is 0.352 e. The van der Waals surface area contributed by atoms with E-state index in [1.165, 1.54) is 10.9 Å². The fraction of sp³-hybridized carbons (Fsp3) is 0.133. The lowest BCUT2D eigenvalue weighted by Gasteiger charge is -2.02. The Hall–Kier alpha value is -1.36. The van der Waals surface area contributed by atoms with E-state index in [0.29, 0.717) is 6.54 Å². The van der Waals surface area contributed by atoms with Crippen molar-refractivity contribution in [3.05, 3.63) is 52.6 Å². The molecule has 3 N–H and O–H groups in total. The lowest BCUT2D eigenvalue weighted by Crippen LogP contribution is -2.03. The monoisotopic (exact) mass is 351 g/mol. The standard InChI is InChI=1S/C15H14BrN3.ClH/c16-12-5-3-4-10-11(7-8-17)15(19-14(10)12)13-6-1-2-9-18-13;/h1-6,9,19H,7-8,17H2;1H. The maximum absolute atomic E-state index is 5.75. The summed E-state index contributed by atoms with van der Waals surface area (Å²) >= 11 is 3.59. The molecular formula is C15H15BrClN3. The third-order valence-electron chi connectivity index (χ3n) is 3.21. The quantitative estimate of drug-likeness (QED) is 0.751. The number of aromatic amines is 1. The molecule has 2 aromatic heterocycles. The zero-order chi connectivity index (χ0) is 13.2. The number of nitrogens with two attached hydrogens (primary N) is 1. The summed E-state index contributed by atoms with van der Waals surface area (Å²) in [6.45, 7) is 0.624. The number of halogens is 2. The van der Waals surface area contributed by atoms with Gasteiger partial charge in [-0.1, -0.05) is 18.2 Å². The molecule has 1 aromatic carbocycles. The van der Waals surface area contributed by atoms with Gasteiger partial charge in [-0.2, -0.15) is 0 Å². The van der Waals surface area contributed by atoms with Gasteiger partial charge in [0.05, 0.1) is 16.9 Å². The van der Waals surface area contributed by atoms with Gasteiger partial charge < -0.3 is 10.7 Å². The number of rotatable bonds is 3. The Morgan fingerprint density at radius 2 is 2.00 bits per heavy atom. The summed E-state index contributed by atoms with van der Waals surface area (Å²) in [5, 5.41) is 1.21. The highest BCUT2D eigenvalue weighted by molar-refractivity contribution is 9.10. The maximum Gasteiger partial charge on any atom is 0.0867 e. The van der Waals surface area contributed by atoms with Gasteiger partial charge in [0, 0.05) is 16.1 Å². The molecule has 0 aliphatic carbocycles. The van der Waals surface area contributed by atoms with Crippen molar-refractivity contribution < 1.29 is 0 Å². The van der Waals surface area contributed by atoms with Crippen LogP contribution in [0.4, 0.5) is 0 Å². The molecule has 0 atom stereocenters. The summed E-state index contributed by atoms with van der Waals surface area (Å²) in [4.78, 5) is 7.90. The van der Waals surface area contributed by atoms with Gasteiger partial charge in [0.1, 0.15) is 0 Å². The molecule has 0 saturated heterocycles. The Labute approximate surface area is 132 Å². The summed E-state index contributed by atoms with van der Waals surface area (Å²) in [6.07, 6.45) is 2.64. The summed E-state index contributed by atoms with van der Waals surface area (Å²) in [5.41, 5.74) is 10.1. The molecule has 0 radical (unpaired) electrons. The molecule has 3 nitrogen and oxygen atoms in total. The smallest absolute Gasteiger partial charge is 0.0867 e. The number of hydrogen-bond acceptors (Lipinski definition) is 2. The highest BCUT2D eigenvalue weighted by Crippen LogP contribution is 2.33. The first-order chi connectivity index (χ1) is 9.31. The van der Waals surface area contributed by atoms with Gasteiger partial charge >= 0.3 is 0 Å². The van der Waals surface area contributed by atoms with E-state index >= 15 is 0 Å². The summed E-state index contributed by atoms with van der Waals surface area (Å²) in [6, 6.07) is 12.1. The molecule has 0 aliphatic rings. The number of hydrogen-bond donors (Lipinski definition) is 2. The molecule has 104 valence electrons. The van der Waals surface area contributed by atoms with Crippen LogP contribution in [-0.2, 0) is 6.42 Å². The molecule has 20 heavy (non-hydrogen) atoms. The van der Waals surface area contributed by atoms with Gasteiger partial charge in [0.25, 0.3) is 0 Å². The highest BCUT2D eigenvalue weighted by atomic mass is 79.9. The van der Waals surface area contributed by atoms with E-state index in [4.69, 9.17) is 5.73 Å². The first-order valence-corrected chi connectivity index (χ1v) is 7.01. The van der Waals surface area contributed by atoms with Crippen molar-refractivity contribution in [3.63, 3.8) is 0 Å². The average molecular weight is 353 g/mol. The van der Waals surface area contributed by atoms with Crippen molar-refractivity contribution in [1.29, 1.82) is 0 Å². The van der Waals surface area contributed by atoms with Crippen LogP contribution in [0.1, 0.15) is 5.56 Å². The van der Waals surface area contributed by atoms with Crippen LogP contribution >= 0.6 is 28.3 Å². The second kappa shape index (κ2) is 6.39. The number of aromatic nitrogens is 2. The molecule has 3 rings (SSSR count). The Kier molecular flexibility index (Phi) is 4.81. The van der Waals surface area contributed by atoms with Crippen molar-refractivity contribution in [3.8, 4) is 11.4 Å². The predicted molar refractivity (Wildman–Crippen MR) is 89.2 cm³/mol. The van der Waals surface area contributed by atoms with E-state index in [9.17, 15) is 0 Å². The molecular weight excluding hydrogens is 338 g/mol. The van der Waals surface area contributed by atoms with Gasteiger partial charge in [0.2, 0.25) is 0 Å². The van der Waals surface area contributed by atoms with Crippen LogP contribution in [0.5, 0.6) is 0 Å². The van der Waals surface area contributed by atoms with Gasteiger partial charge in [-0.05, 0) is 52.7 Å². The topological polar surface area (TPSA) is 54.7 Å². The fourth-order valence-electron chi connectivity index (χ4n) is 2.37. The Balaban J connectivity index is 0.00000147. The minimum atomic E-state index is 0. The fourth-order valence-corrected chi connectivity index (χ4v) is 2.84. The molecule has 0 fully saturated rings. The number of H-pyrrole nitrogens is 1. The van der Waals surface area contributed by atoms with Crippen molar-refractivity contribution in [1.82, 2.24) is 9.97 Å². The number of para-hydroxylation sites is 1. The maximum atomic E-state index is 5.75. The molecule has 0 saturated carbocycles. The van der Waals surface area contributed by atoms with E-state index in [1.54, 1.807) is 0 Å². The zero-order valence-electron chi connectivity index (χ0n) is 10.8. The van der Waals surface area contributed by atoms with E-state index in [0.717, 1.165) is 27.8 Å². The number of fused-ring (bicyclic) bond motifs is 1. The molecule has 0 amide bonds.